The summed E-state index contributed by atoms with van der Waals surface area (Å²) in [5.41, 5.74) is 9.31. The van der Waals surface area contributed by atoms with Crippen molar-refractivity contribution >= 4 is 22.6 Å². The third kappa shape index (κ3) is 4.22. The predicted octanol–water partition coefficient (Wildman–Crippen LogP) is 4.51. The van der Waals surface area contributed by atoms with Gasteiger partial charge in [-0.25, -0.2) is 9.18 Å². The lowest BCUT2D eigenvalue weighted by Gasteiger charge is -2.15. The number of nitrogens with two attached hydrogens (primary N) is 1. The zero-order chi connectivity index (χ0) is 20.1. The van der Waals surface area contributed by atoms with Crippen molar-refractivity contribution in [1.82, 2.24) is 4.98 Å². The van der Waals surface area contributed by atoms with Crippen LogP contribution in [0.1, 0.15) is 41.3 Å². The second-order valence-corrected chi connectivity index (χ2v) is 6.58. The fourth-order valence-corrected chi connectivity index (χ4v) is 3.00. The van der Waals surface area contributed by atoms with Crippen molar-refractivity contribution < 1.29 is 18.7 Å². The molecule has 2 N–H and O–H groups in total. The Morgan fingerprint density at radius 3 is 2.61 bits per heavy atom. The maximum absolute atomic E-state index is 13.1. The molecule has 0 aliphatic carbocycles. The smallest absolute Gasteiger partial charge is 0.341 e. The fourth-order valence-electron chi connectivity index (χ4n) is 3.00. The van der Waals surface area contributed by atoms with Crippen LogP contribution in [-0.4, -0.2) is 24.7 Å². The van der Waals surface area contributed by atoms with Gasteiger partial charge in [0.1, 0.15) is 16.9 Å². The van der Waals surface area contributed by atoms with E-state index in [9.17, 15) is 9.18 Å². The van der Waals surface area contributed by atoms with Gasteiger partial charge in [0.15, 0.2) is 5.75 Å². The number of hydrogen-bond donors (Lipinski definition) is 1. The molecule has 0 saturated carbocycles. The minimum absolute atomic E-state index is 0.266. The van der Waals surface area contributed by atoms with Crippen molar-refractivity contribution in [2.45, 2.75) is 26.2 Å². The van der Waals surface area contributed by atoms with Crippen molar-refractivity contribution in [2.24, 2.45) is 0 Å². The Kier molecular flexibility index (Phi) is 6.09. The number of nitrogens with zero attached hydrogens (tertiary/aromatic N) is 1. The number of anilines is 1. The number of esters is 1. The molecule has 3 rings (SSSR count). The van der Waals surface area contributed by atoms with Gasteiger partial charge in [-0.3, -0.25) is 4.98 Å². The zero-order valence-electron chi connectivity index (χ0n) is 16.0. The topological polar surface area (TPSA) is 74.4 Å². The summed E-state index contributed by atoms with van der Waals surface area (Å²) in [5, 5.41) is 0.707. The van der Waals surface area contributed by atoms with E-state index in [1.807, 2.05) is 6.07 Å². The summed E-state index contributed by atoms with van der Waals surface area (Å²) in [6.07, 6.45) is 4.14. The summed E-state index contributed by atoms with van der Waals surface area (Å²) < 4.78 is 23.9. The van der Waals surface area contributed by atoms with Gasteiger partial charge in [0, 0.05) is 17.3 Å². The third-order valence-corrected chi connectivity index (χ3v) is 4.49. The van der Waals surface area contributed by atoms with Crippen LogP contribution in [0.2, 0.25) is 0 Å². The molecule has 0 radical (unpaired) electrons. The lowest BCUT2D eigenvalue weighted by atomic mass is 10.0. The van der Waals surface area contributed by atoms with Crippen molar-refractivity contribution in [3.8, 4) is 5.75 Å². The molecule has 146 valence electrons. The summed E-state index contributed by atoms with van der Waals surface area (Å²) >= 11 is 0. The van der Waals surface area contributed by atoms with Crippen molar-refractivity contribution in [1.29, 1.82) is 0 Å². The maximum atomic E-state index is 13.1. The van der Waals surface area contributed by atoms with E-state index in [2.05, 4.69) is 11.9 Å². The first-order valence-electron chi connectivity index (χ1n) is 9.20. The second kappa shape index (κ2) is 8.69. The Balaban J connectivity index is 2.03. The Bertz CT molecular complexity index is 987. The molecular formula is C22H23FN2O3. The van der Waals surface area contributed by atoms with E-state index in [0.29, 0.717) is 35.4 Å². The van der Waals surface area contributed by atoms with Gasteiger partial charge in [0.2, 0.25) is 0 Å². The van der Waals surface area contributed by atoms with E-state index in [0.717, 1.165) is 24.0 Å². The number of methoxy groups -OCH3 is 1. The van der Waals surface area contributed by atoms with Crippen LogP contribution in [0.25, 0.3) is 10.9 Å². The first-order valence-corrected chi connectivity index (χ1v) is 9.20. The highest BCUT2D eigenvalue weighted by Crippen LogP contribution is 2.34. The van der Waals surface area contributed by atoms with Crippen LogP contribution in [0.4, 0.5) is 10.1 Å². The summed E-state index contributed by atoms with van der Waals surface area (Å²) in [6.45, 7) is 2.53. The van der Waals surface area contributed by atoms with E-state index >= 15 is 0 Å². The number of ether oxygens (including phenoxy) is 2. The molecule has 0 fully saturated rings. The number of hydrogen-bond acceptors (Lipinski definition) is 5. The third-order valence-electron chi connectivity index (χ3n) is 4.49. The average molecular weight is 382 g/mol. The van der Waals surface area contributed by atoms with Crippen LogP contribution >= 0.6 is 0 Å². The minimum Gasteiger partial charge on any atom is -0.490 e. The lowest BCUT2D eigenvalue weighted by Crippen LogP contribution is -2.09. The molecule has 3 aromatic rings. The minimum atomic E-state index is -0.516. The highest BCUT2D eigenvalue weighted by atomic mass is 19.1. The molecule has 0 bridgehead atoms. The van der Waals surface area contributed by atoms with Crippen LogP contribution in [0.15, 0.2) is 42.6 Å². The number of carbonyl (C=O) groups is 1. The summed E-state index contributed by atoms with van der Waals surface area (Å²) in [7, 11) is 1.32. The fraction of sp³-hybridized carbons (Fsp3) is 0.273. The number of benzene rings is 2. The highest BCUT2D eigenvalue weighted by molar-refractivity contribution is 6.04. The molecule has 2 aromatic carbocycles. The molecule has 0 aliphatic rings. The monoisotopic (exact) mass is 382 g/mol. The normalized spacial score (nSPS) is 10.8. The van der Waals surface area contributed by atoms with Gasteiger partial charge < -0.3 is 15.2 Å². The lowest BCUT2D eigenvalue weighted by molar-refractivity contribution is 0.0596. The average Bonchev–Trinajstić information content (AvgIpc) is 2.71. The number of nitrogen functional groups attached to an aromatic ring is 1. The van der Waals surface area contributed by atoms with Crippen LogP contribution in [0, 0.1) is 5.82 Å². The van der Waals surface area contributed by atoms with Gasteiger partial charge in [0.25, 0.3) is 0 Å². The Labute approximate surface area is 163 Å². The van der Waals surface area contributed by atoms with Gasteiger partial charge in [0.05, 0.1) is 13.7 Å². The first kappa shape index (κ1) is 19.6. The first-order chi connectivity index (χ1) is 13.5. The molecule has 6 heteroatoms. The molecule has 0 aliphatic heterocycles. The summed E-state index contributed by atoms with van der Waals surface area (Å²) in [6, 6.07) is 9.83. The van der Waals surface area contributed by atoms with E-state index in [-0.39, 0.29) is 11.4 Å². The largest absolute Gasteiger partial charge is 0.490 e. The highest BCUT2D eigenvalue weighted by Gasteiger charge is 2.20. The van der Waals surface area contributed by atoms with E-state index < -0.39 is 5.97 Å². The van der Waals surface area contributed by atoms with Crippen molar-refractivity contribution in [3.63, 3.8) is 0 Å². The summed E-state index contributed by atoms with van der Waals surface area (Å²) in [4.78, 5) is 16.7. The van der Waals surface area contributed by atoms with Gasteiger partial charge >= 0.3 is 5.97 Å². The number of pyridine rings is 1. The number of unbranched alkanes of at least 4 members (excludes halogenated alkanes) is 1. The molecule has 1 heterocycles. The number of aromatic nitrogens is 1. The predicted molar refractivity (Wildman–Crippen MR) is 107 cm³/mol. The number of carbonyl (C=O) groups excluding carboxylic acids is 1. The molecule has 0 spiro atoms. The quantitative estimate of drug-likeness (QED) is 0.370. The molecule has 0 atom stereocenters. The summed E-state index contributed by atoms with van der Waals surface area (Å²) in [5.74, 6) is -0.399. The SMILES string of the molecule is CCCCOc1c(C(=O)OC)cc(N)c2cc(Cc3ccc(F)cc3)cnc12. The number of fused-ring (bicyclic) bond motifs is 1. The van der Waals surface area contributed by atoms with Crippen LogP contribution in [-0.2, 0) is 11.2 Å². The molecule has 0 saturated heterocycles. The second-order valence-electron chi connectivity index (χ2n) is 6.58. The molecule has 0 amide bonds. The van der Waals surface area contributed by atoms with Gasteiger partial charge in [-0.15, -0.1) is 0 Å². The number of rotatable bonds is 7. The zero-order valence-corrected chi connectivity index (χ0v) is 16.0. The van der Waals surface area contributed by atoms with E-state index in [4.69, 9.17) is 15.2 Å². The molecule has 28 heavy (non-hydrogen) atoms. The van der Waals surface area contributed by atoms with E-state index in [1.54, 1.807) is 24.4 Å². The van der Waals surface area contributed by atoms with Gasteiger partial charge in [-0.2, -0.15) is 0 Å². The van der Waals surface area contributed by atoms with E-state index in [1.165, 1.54) is 19.2 Å². The Hall–Kier alpha value is -3.15. The van der Waals surface area contributed by atoms with Crippen LogP contribution < -0.4 is 10.5 Å². The van der Waals surface area contributed by atoms with Crippen molar-refractivity contribution in [3.05, 3.63) is 65.1 Å². The van der Waals surface area contributed by atoms with Crippen LogP contribution in [0.3, 0.4) is 0 Å². The molecule has 1 aromatic heterocycles. The molecule has 0 unspecified atom stereocenters. The van der Waals surface area contributed by atoms with Gasteiger partial charge in [-0.05, 0) is 48.2 Å². The standard InChI is InChI=1S/C22H23FN2O3/c1-3-4-9-28-21-18(22(26)27-2)12-19(24)17-11-15(13-25-20(17)21)10-14-5-7-16(23)8-6-14/h5-8,11-13H,3-4,9-10,24H2,1-2H3. The Morgan fingerprint density at radius 1 is 1.18 bits per heavy atom. The van der Waals surface area contributed by atoms with Crippen molar-refractivity contribution in [2.75, 3.05) is 19.5 Å². The van der Waals surface area contributed by atoms with Gasteiger partial charge in [-0.1, -0.05) is 25.5 Å². The number of halogens is 1. The molecule has 5 nitrogen and oxygen atoms in total. The maximum Gasteiger partial charge on any atom is 0.341 e. The van der Waals surface area contributed by atoms with Crippen LogP contribution in [0.5, 0.6) is 5.75 Å². The Morgan fingerprint density at radius 2 is 1.93 bits per heavy atom. The molecular weight excluding hydrogens is 359 g/mol.